The predicted octanol–water partition coefficient (Wildman–Crippen LogP) is 2.70. The molecule has 0 spiro atoms. The molecule has 6 heteroatoms. The van der Waals surface area contributed by atoms with Gasteiger partial charge in [-0.2, -0.15) is 0 Å². The molecule has 0 amide bonds. The Morgan fingerprint density at radius 2 is 1.41 bits per heavy atom. The van der Waals surface area contributed by atoms with Gasteiger partial charge in [0, 0.05) is 0 Å². The lowest BCUT2D eigenvalue weighted by molar-refractivity contribution is -0.0772. The molecule has 0 fully saturated rings. The lowest BCUT2D eigenvalue weighted by atomic mass is 9.93. The van der Waals surface area contributed by atoms with Crippen molar-refractivity contribution in [1.29, 1.82) is 0 Å². The van der Waals surface area contributed by atoms with Gasteiger partial charge in [0.15, 0.2) is 0 Å². The van der Waals surface area contributed by atoms with Crippen molar-refractivity contribution < 1.29 is 29.9 Å². The van der Waals surface area contributed by atoms with Gasteiger partial charge in [-0.25, -0.2) is 0 Å². The van der Waals surface area contributed by atoms with E-state index in [1.54, 1.807) is 0 Å². The summed E-state index contributed by atoms with van der Waals surface area (Å²) in [6.07, 6.45) is 9.36. The van der Waals surface area contributed by atoms with Crippen LogP contribution in [0.1, 0.15) is 57.4 Å². The smallest absolute Gasteiger partial charge is 0.119 e. The van der Waals surface area contributed by atoms with Crippen LogP contribution >= 0.6 is 0 Å². The zero-order chi connectivity index (χ0) is 21.4. The standard InChI is InChI=1S/C23H40O6/c1-2-3-4-5-6-7-8-9-20-10-12-22(13-11-20)29-15-21(27)14-28-19-23(16-24,17-25)18-26/h10-13,21,24-27H,2-9,14-19H2,1H3. The predicted molar refractivity (Wildman–Crippen MR) is 114 cm³/mol. The maximum absolute atomic E-state index is 9.96. The number of aryl methyl sites for hydroxylation is 1. The van der Waals surface area contributed by atoms with Gasteiger partial charge >= 0.3 is 0 Å². The van der Waals surface area contributed by atoms with Crippen molar-refractivity contribution >= 4 is 0 Å². The second-order valence-electron chi connectivity index (χ2n) is 7.97. The van der Waals surface area contributed by atoms with E-state index in [0.717, 1.165) is 6.42 Å². The van der Waals surface area contributed by atoms with E-state index in [2.05, 4.69) is 19.1 Å². The molecule has 1 rings (SSSR count). The molecule has 0 radical (unpaired) electrons. The van der Waals surface area contributed by atoms with E-state index in [1.807, 2.05) is 12.1 Å². The first-order valence-electron chi connectivity index (χ1n) is 10.9. The number of ether oxygens (including phenoxy) is 2. The fraction of sp³-hybridized carbons (Fsp3) is 0.739. The number of benzene rings is 1. The minimum atomic E-state index is -1.09. The van der Waals surface area contributed by atoms with Crippen LogP contribution in [0.3, 0.4) is 0 Å². The summed E-state index contributed by atoms with van der Waals surface area (Å²) in [6.45, 7) is 1.11. The minimum absolute atomic E-state index is 0.00190. The van der Waals surface area contributed by atoms with Gasteiger partial charge in [0.05, 0.1) is 38.4 Å². The zero-order valence-corrected chi connectivity index (χ0v) is 17.9. The summed E-state index contributed by atoms with van der Waals surface area (Å²) >= 11 is 0. The van der Waals surface area contributed by atoms with E-state index in [4.69, 9.17) is 9.47 Å². The number of hydrogen-bond acceptors (Lipinski definition) is 6. The van der Waals surface area contributed by atoms with Gasteiger partial charge in [0.25, 0.3) is 0 Å². The van der Waals surface area contributed by atoms with Crippen molar-refractivity contribution in [2.24, 2.45) is 5.41 Å². The van der Waals surface area contributed by atoms with Gasteiger partial charge in [-0.15, -0.1) is 0 Å². The van der Waals surface area contributed by atoms with Crippen molar-refractivity contribution in [3.8, 4) is 5.75 Å². The third-order valence-corrected chi connectivity index (χ3v) is 5.16. The first-order valence-corrected chi connectivity index (χ1v) is 10.9. The first-order chi connectivity index (χ1) is 14.1. The molecule has 0 saturated carbocycles. The van der Waals surface area contributed by atoms with Gasteiger partial charge in [-0.1, -0.05) is 57.6 Å². The molecule has 0 aliphatic heterocycles. The largest absolute Gasteiger partial charge is 0.491 e. The van der Waals surface area contributed by atoms with Crippen LogP contribution < -0.4 is 4.74 Å². The van der Waals surface area contributed by atoms with Crippen LogP contribution in [0.4, 0.5) is 0 Å². The van der Waals surface area contributed by atoms with Crippen molar-refractivity contribution in [2.45, 2.75) is 64.4 Å². The van der Waals surface area contributed by atoms with E-state index in [9.17, 15) is 20.4 Å². The molecule has 168 valence electrons. The molecule has 6 nitrogen and oxygen atoms in total. The summed E-state index contributed by atoms with van der Waals surface area (Å²) in [5.41, 5.74) is 0.203. The van der Waals surface area contributed by atoms with Gasteiger partial charge in [0.1, 0.15) is 18.5 Å². The molecular weight excluding hydrogens is 372 g/mol. The highest BCUT2D eigenvalue weighted by Crippen LogP contribution is 2.17. The highest BCUT2D eigenvalue weighted by atomic mass is 16.5. The summed E-state index contributed by atoms with van der Waals surface area (Å²) in [6, 6.07) is 7.96. The second-order valence-corrected chi connectivity index (χ2v) is 7.97. The fourth-order valence-electron chi connectivity index (χ4n) is 2.98. The summed E-state index contributed by atoms with van der Waals surface area (Å²) in [4.78, 5) is 0. The Bertz CT molecular complexity index is 492. The summed E-state index contributed by atoms with van der Waals surface area (Å²) in [5, 5.41) is 37.7. The van der Waals surface area contributed by atoms with E-state index in [0.29, 0.717) is 5.75 Å². The SMILES string of the molecule is CCCCCCCCCc1ccc(OCC(O)COCC(CO)(CO)CO)cc1. The highest BCUT2D eigenvalue weighted by molar-refractivity contribution is 5.27. The van der Waals surface area contributed by atoms with Gasteiger partial charge < -0.3 is 29.9 Å². The van der Waals surface area contributed by atoms with Crippen LogP contribution in [0.5, 0.6) is 5.75 Å². The monoisotopic (exact) mass is 412 g/mol. The van der Waals surface area contributed by atoms with Gasteiger partial charge in [0.2, 0.25) is 0 Å². The third-order valence-electron chi connectivity index (χ3n) is 5.16. The molecule has 0 aliphatic rings. The van der Waals surface area contributed by atoms with Crippen LogP contribution in [0.15, 0.2) is 24.3 Å². The Morgan fingerprint density at radius 1 is 0.828 bits per heavy atom. The number of unbranched alkanes of at least 4 members (excludes halogenated alkanes) is 6. The summed E-state index contributed by atoms with van der Waals surface area (Å²) in [5.74, 6) is 0.697. The molecular formula is C23H40O6. The Morgan fingerprint density at radius 3 is 2.00 bits per heavy atom. The Balaban J connectivity index is 2.19. The molecule has 0 aromatic heterocycles. The maximum atomic E-state index is 9.96. The molecule has 0 heterocycles. The zero-order valence-electron chi connectivity index (χ0n) is 17.9. The maximum Gasteiger partial charge on any atom is 0.119 e. The summed E-state index contributed by atoms with van der Waals surface area (Å²) in [7, 11) is 0. The summed E-state index contributed by atoms with van der Waals surface area (Å²) < 4.78 is 10.9. The van der Waals surface area contributed by atoms with E-state index in [-0.39, 0.29) is 19.8 Å². The average Bonchev–Trinajstić information content (AvgIpc) is 2.76. The molecule has 0 aliphatic carbocycles. The van der Waals surface area contributed by atoms with Crippen molar-refractivity contribution in [1.82, 2.24) is 0 Å². The minimum Gasteiger partial charge on any atom is -0.491 e. The molecule has 0 saturated heterocycles. The van der Waals surface area contributed by atoms with Gasteiger partial charge in [-0.05, 0) is 30.5 Å². The Kier molecular flexibility index (Phi) is 13.9. The molecule has 29 heavy (non-hydrogen) atoms. The van der Waals surface area contributed by atoms with Crippen LogP contribution in [0, 0.1) is 5.41 Å². The molecule has 1 aromatic rings. The molecule has 1 aromatic carbocycles. The van der Waals surface area contributed by atoms with Crippen molar-refractivity contribution in [3.63, 3.8) is 0 Å². The van der Waals surface area contributed by atoms with Gasteiger partial charge in [-0.3, -0.25) is 0 Å². The molecule has 0 bridgehead atoms. The number of hydrogen-bond donors (Lipinski definition) is 4. The first kappa shape index (κ1) is 25.9. The van der Waals surface area contributed by atoms with Crippen molar-refractivity contribution in [2.75, 3.05) is 39.6 Å². The molecule has 1 unspecified atom stereocenters. The second kappa shape index (κ2) is 15.6. The van der Waals surface area contributed by atoms with Crippen LogP contribution in [-0.4, -0.2) is 66.2 Å². The number of aliphatic hydroxyl groups is 4. The van der Waals surface area contributed by atoms with E-state index in [1.165, 1.54) is 50.5 Å². The van der Waals surface area contributed by atoms with E-state index < -0.39 is 31.3 Å². The molecule has 4 N–H and O–H groups in total. The van der Waals surface area contributed by atoms with E-state index >= 15 is 0 Å². The number of aliphatic hydroxyl groups excluding tert-OH is 4. The molecule has 1 atom stereocenters. The lowest BCUT2D eigenvalue weighted by Gasteiger charge is -2.27. The Labute approximate surface area is 175 Å². The normalized spacial score (nSPS) is 12.9. The number of rotatable bonds is 18. The Hall–Kier alpha value is -1.18. The topological polar surface area (TPSA) is 99.4 Å². The van der Waals surface area contributed by atoms with Crippen molar-refractivity contribution in [3.05, 3.63) is 29.8 Å². The van der Waals surface area contributed by atoms with Crippen LogP contribution in [0.25, 0.3) is 0 Å². The van der Waals surface area contributed by atoms with Crippen LogP contribution in [-0.2, 0) is 11.2 Å². The van der Waals surface area contributed by atoms with Crippen LogP contribution in [0.2, 0.25) is 0 Å². The quantitative estimate of drug-likeness (QED) is 0.277. The average molecular weight is 413 g/mol. The fourth-order valence-corrected chi connectivity index (χ4v) is 2.98. The third kappa shape index (κ3) is 11.0. The lowest BCUT2D eigenvalue weighted by Crippen LogP contribution is -2.39. The highest BCUT2D eigenvalue weighted by Gasteiger charge is 2.28.